The fourth-order valence-corrected chi connectivity index (χ4v) is 1.49. The van der Waals surface area contributed by atoms with Crippen molar-refractivity contribution in [3.05, 3.63) is 34.3 Å². The van der Waals surface area contributed by atoms with Gasteiger partial charge in [0.1, 0.15) is 12.2 Å². The normalized spacial score (nSPS) is 27.2. The van der Waals surface area contributed by atoms with Gasteiger partial charge < -0.3 is 9.84 Å². The van der Waals surface area contributed by atoms with Gasteiger partial charge in [-0.15, -0.1) is 0 Å². The maximum Gasteiger partial charge on any atom is 0.112 e. The maximum absolute atomic E-state index is 8.76. The number of aliphatic hydroxyl groups excluding tert-OH is 1. The van der Waals surface area contributed by atoms with E-state index < -0.39 is 0 Å². The summed E-state index contributed by atoms with van der Waals surface area (Å²) in [5, 5.41) is 8.76. The van der Waals surface area contributed by atoms with Gasteiger partial charge in [-0.2, -0.15) is 0 Å². The highest BCUT2D eigenvalue weighted by molar-refractivity contribution is 9.10. The molecule has 1 aliphatic heterocycles. The molecule has 2 atom stereocenters. The summed E-state index contributed by atoms with van der Waals surface area (Å²) in [6.07, 6.45) is 0.134. The molecule has 2 rings (SSSR count). The topological polar surface area (TPSA) is 32.8 Å². The first kappa shape index (κ1) is 8.23. The van der Waals surface area contributed by atoms with E-state index in [-0.39, 0.29) is 18.8 Å². The molecule has 1 heterocycles. The van der Waals surface area contributed by atoms with Crippen LogP contribution in [-0.2, 0) is 4.74 Å². The predicted octanol–water partition coefficient (Wildman–Crippen LogP) is 1.88. The largest absolute Gasteiger partial charge is 0.394 e. The van der Waals surface area contributed by atoms with Crippen LogP contribution in [0.15, 0.2) is 28.7 Å². The lowest BCUT2D eigenvalue weighted by molar-refractivity contribution is 0.242. The lowest BCUT2D eigenvalue weighted by atomic mass is 10.1. The van der Waals surface area contributed by atoms with Gasteiger partial charge in [0.15, 0.2) is 0 Å². The van der Waals surface area contributed by atoms with Crippen LogP contribution in [0.3, 0.4) is 0 Å². The Morgan fingerprint density at radius 3 is 2.50 bits per heavy atom. The van der Waals surface area contributed by atoms with Crippen LogP contribution in [0.25, 0.3) is 0 Å². The third-order valence-corrected chi connectivity index (χ3v) is 2.49. The molecule has 0 spiro atoms. The molecule has 1 aromatic carbocycles. The van der Waals surface area contributed by atoms with Gasteiger partial charge in [-0.05, 0) is 17.7 Å². The van der Waals surface area contributed by atoms with Crippen LogP contribution in [0.2, 0.25) is 0 Å². The van der Waals surface area contributed by atoms with Crippen molar-refractivity contribution < 1.29 is 9.84 Å². The van der Waals surface area contributed by atoms with Gasteiger partial charge in [-0.25, -0.2) is 0 Å². The average Bonchev–Trinajstić information content (AvgIpc) is 2.85. The first-order chi connectivity index (χ1) is 5.81. The van der Waals surface area contributed by atoms with E-state index in [4.69, 9.17) is 9.84 Å². The first-order valence-electron chi connectivity index (χ1n) is 3.83. The molecule has 1 aliphatic rings. The lowest BCUT2D eigenvalue weighted by Gasteiger charge is -1.94. The number of aliphatic hydroxyl groups is 1. The van der Waals surface area contributed by atoms with Gasteiger partial charge in [-0.3, -0.25) is 0 Å². The van der Waals surface area contributed by atoms with Crippen LogP contribution in [-0.4, -0.2) is 17.8 Å². The Labute approximate surface area is 79.3 Å². The quantitative estimate of drug-likeness (QED) is 0.785. The van der Waals surface area contributed by atoms with E-state index in [0.29, 0.717) is 0 Å². The fourth-order valence-electron chi connectivity index (χ4n) is 1.23. The molecule has 12 heavy (non-hydrogen) atoms. The van der Waals surface area contributed by atoms with E-state index in [2.05, 4.69) is 15.9 Å². The highest BCUT2D eigenvalue weighted by Gasteiger charge is 2.39. The molecule has 0 radical (unpaired) electrons. The number of hydrogen-bond donors (Lipinski definition) is 1. The smallest absolute Gasteiger partial charge is 0.112 e. The minimum Gasteiger partial charge on any atom is -0.394 e. The Kier molecular flexibility index (Phi) is 2.17. The second kappa shape index (κ2) is 3.17. The lowest BCUT2D eigenvalue weighted by Crippen LogP contribution is -1.93. The first-order valence-corrected chi connectivity index (χ1v) is 4.62. The Hall–Kier alpha value is -0.380. The maximum atomic E-state index is 8.76. The molecule has 0 saturated carbocycles. The zero-order valence-corrected chi connectivity index (χ0v) is 7.99. The molecule has 0 aliphatic carbocycles. The van der Waals surface area contributed by atoms with E-state index >= 15 is 0 Å². The van der Waals surface area contributed by atoms with E-state index in [0.717, 1.165) is 10.0 Å². The van der Waals surface area contributed by atoms with Crippen LogP contribution >= 0.6 is 15.9 Å². The molecule has 0 bridgehead atoms. The predicted molar refractivity (Wildman–Crippen MR) is 48.8 cm³/mol. The Morgan fingerprint density at radius 2 is 2.00 bits per heavy atom. The monoisotopic (exact) mass is 228 g/mol. The van der Waals surface area contributed by atoms with Crippen LogP contribution in [0.5, 0.6) is 0 Å². The van der Waals surface area contributed by atoms with Crippen molar-refractivity contribution in [3.8, 4) is 0 Å². The molecular weight excluding hydrogens is 220 g/mol. The van der Waals surface area contributed by atoms with Crippen molar-refractivity contribution in [1.82, 2.24) is 0 Å². The van der Waals surface area contributed by atoms with Crippen molar-refractivity contribution in [1.29, 1.82) is 0 Å². The van der Waals surface area contributed by atoms with Gasteiger partial charge in [0, 0.05) is 4.47 Å². The minimum absolute atomic E-state index is 0.0196. The fraction of sp³-hybridized carbons (Fsp3) is 0.333. The van der Waals surface area contributed by atoms with Gasteiger partial charge in [-0.1, -0.05) is 28.1 Å². The van der Waals surface area contributed by atoms with Gasteiger partial charge >= 0.3 is 0 Å². The van der Waals surface area contributed by atoms with Gasteiger partial charge in [0.25, 0.3) is 0 Å². The van der Waals surface area contributed by atoms with E-state index in [1.807, 2.05) is 24.3 Å². The number of benzene rings is 1. The molecule has 64 valence electrons. The summed E-state index contributed by atoms with van der Waals surface area (Å²) in [5.41, 5.74) is 1.14. The molecule has 1 N–H and O–H groups in total. The van der Waals surface area contributed by atoms with Gasteiger partial charge in [0.2, 0.25) is 0 Å². The number of epoxide rings is 1. The summed E-state index contributed by atoms with van der Waals surface area (Å²) in [6.45, 7) is 0.112. The summed E-state index contributed by atoms with van der Waals surface area (Å²) in [4.78, 5) is 0. The number of hydrogen-bond acceptors (Lipinski definition) is 2. The molecule has 1 saturated heterocycles. The van der Waals surface area contributed by atoms with Crippen molar-refractivity contribution in [2.45, 2.75) is 12.2 Å². The Morgan fingerprint density at radius 1 is 1.33 bits per heavy atom. The Balaban J connectivity index is 2.10. The third kappa shape index (κ3) is 1.53. The van der Waals surface area contributed by atoms with E-state index in [1.54, 1.807) is 0 Å². The molecule has 2 nitrogen and oxygen atoms in total. The molecule has 1 aromatic rings. The average molecular weight is 229 g/mol. The van der Waals surface area contributed by atoms with Crippen LogP contribution < -0.4 is 0 Å². The third-order valence-electron chi connectivity index (χ3n) is 1.96. The van der Waals surface area contributed by atoms with Crippen LogP contribution in [0.4, 0.5) is 0 Å². The van der Waals surface area contributed by atoms with Crippen molar-refractivity contribution in [2.75, 3.05) is 6.61 Å². The highest BCUT2D eigenvalue weighted by Crippen LogP contribution is 2.38. The molecule has 1 fully saturated rings. The summed E-state index contributed by atoms with van der Waals surface area (Å²) in [7, 11) is 0. The molecule has 3 heteroatoms. The molecule has 0 aromatic heterocycles. The van der Waals surface area contributed by atoms with Crippen LogP contribution in [0.1, 0.15) is 11.7 Å². The van der Waals surface area contributed by atoms with Crippen LogP contribution in [0, 0.1) is 0 Å². The number of ether oxygens (including phenoxy) is 1. The molecule has 0 unspecified atom stereocenters. The Bertz CT molecular complexity index is 270. The number of rotatable bonds is 2. The molecule has 0 amide bonds. The van der Waals surface area contributed by atoms with E-state index in [9.17, 15) is 0 Å². The van der Waals surface area contributed by atoms with E-state index in [1.165, 1.54) is 0 Å². The standard InChI is InChI=1S/C9H9BrO2/c10-7-3-1-6(2-4-7)9-8(5-11)12-9/h1-4,8-9,11H,5H2/t8-,9+/m0/s1. The molecular formula is C9H9BrO2. The van der Waals surface area contributed by atoms with Crippen molar-refractivity contribution >= 4 is 15.9 Å². The van der Waals surface area contributed by atoms with Gasteiger partial charge in [0.05, 0.1) is 6.61 Å². The minimum atomic E-state index is 0.0196. The zero-order chi connectivity index (χ0) is 8.55. The SMILES string of the molecule is OC[C@@H]1O[C@@H]1c1ccc(Br)cc1. The summed E-state index contributed by atoms with van der Waals surface area (Å²) in [6, 6.07) is 7.96. The number of halogens is 1. The summed E-state index contributed by atoms with van der Waals surface area (Å²) >= 11 is 3.36. The van der Waals surface area contributed by atoms with Crippen molar-refractivity contribution in [3.63, 3.8) is 0 Å². The zero-order valence-electron chi connectivity index (χ0n) is 6.40. The highest BCUT2D eigenvalue weighted by atomic mass is 79.9. The second-order valence-electron chi connectivity index (χ2n) is 2.83. The van der Waals surface area contributed by atoms with Crippen molar-refractivity contribution in [2.24, 2.45) is 0 Å². The second-order valence-corrected chi connectivity index (χ2v) is 3.74. The summed E-state index contributed by atoms with van der Waals surface area (Å²) < 4.78 is 6.29. The summed E-state index contributed by atoms with van der Waals surface area (Å²) in [5.74, 6) is 0.